The van der Waals surface area contributed by atoms with Crippen LogP contribution in [0.3, 0.4) is 0 Å². The number of hydrogen-bond donors (Lipinski definition) is 2. The van der Waals surface area contributed by atoms with Gasteiger partial charge in [-0.05, 0) is 19.1 Å². The molecule has 0 aromatic carbocycles. The number of carboxylic acids is 1. The van der Waals surface area contributed by atoms with E-state index in [4.69, 9.17) is 10.8 Å². The maximum atomic E-state index is 12.0. The predicted molar refractivity (Wildman–Crippen MR) is 61.3 cm³/mol. The third kappa shape index (κ3) is 3.01. The molecule has 1 aromatic heterocycles. The zero-order chi connectivity index (χ0) is 13.0. The van der Waals surface area contributed by atoms with Crippen molar-refractivity contribution in [2.45, 2.75) is 19.5 Å². The maximum absolute atomic E-state index is 12.0. The summed E-state index contributed by atoms with van der Waals surface area (Å²) in [7, 11) is 1.45. The summed E-state index contributed by atoms with van der Waals surface area (Å²) >= 11 is 0. The lowest BCUT2D eigenvalue weighted by Gasteiger charge is -2.21. The molecule has 0 aliphatic heterocycles. The molecule has 0 saturated heterocycles. The second-order valence-electron chi connectivity index (χ2n) is 3.67. The number of amides is 1. The molecule has 1 heterocycles. The Bertz CT molecular complexity index is 434. The van der Waals surface area contributed by atoms with Crippen molar-refractivity contribution < 1.29 is 14.7 Å². The number of likely N-dealkylation sites (N-methyl/N-ethyl adjacent to an activating group) is 1. The van der Waals surface area contributed by atoms with Gasteiger partial charge < -0.3 is 15.7 Å². The Morgan fingerprint density at radius 2 is 2.24 bits per heavy atom. The Balaban J connectivity index is 2.92. The highest BCUT2D eigenvalue weighted by Crippen LogP contribution is 2.07. The highest BCUT2D eigenvalue weighted by atomic mass is 16.4. The van der Waals surface area contributed by atoms with Gasteiger partial charge in [0.15, 0.2) is 0 Å². The lowest BCUT2D eigenvalue weighted by atomic mass is 10.2. The van der Waals surface area contributed by atoms with E-state index in [2.05, 4.69) is 4.98 Å². The van der Waals surface area contributed by atoms with Crippen molar-refractivity contribution in [3.8, 4) is 0 Å². The van der Waals surface area contributed by atoms with Crippen LogP contribution >= 0.6 is 0 Å². The van der Waals surface area contributed by atoms with Crippen molar-refractivity contribution in [1.82, 2.24) is 9.88 Å². The number of hydrogen-bond acceptors (Lipinski definition) is 4. The summed E-state index contributed by atoms with van der Waals surface area (Å²) in [5, 5.41) is 8.82. The lowest BCUT2D eigenvalue weighted by Crippen LogP contribution is -2.40. The Labute approximate surface area is 99.1 Å². The van der Waals surface area contributed by atoms with Crippen molar-refractivity contribution in [3.63, 3.8) is 0 Å². The minimum absolute atomic E-state index is 0.235. The zero-order valence-electron chi connectivity index (χ0n) is 9.75. The molecule has 0 spiro atoms. The number of pyridine rings is 1. The number of carboxylic acid groups (broad SMARTS) is 1. The second-order valence-corrected chi connectivity index (χ2v) is 3.67. The first-order chi connectivity index (χ1) is 7.97. The SMILES string of the molecule is CC(C(=O)O)N(C)C(=O)c1ccnc(CN)c1. The predicted octanol–water partition coefficient (Wildman–Crippen LogP) is 0.0854. The van der Waals surface area contributed by atoms with E-state index in [1.54, 1.807) is 6.07 Å². The molecular formula is C11H15N3O3. The molecule has 0 aliphatic carbocycles. The first-order valence-corrected chi connectivity index (χ1v) is 5.12. The Morgan fingerprint density at radius 3 is 2.76 bits per heavy atom. The monoisotopic (exact) mass is 237 g/mol. The molecule has 1 amide bonds. The van der Waals surface area contributed by atoms with E-state index in [1.807, 2.05) is 0 Å². The highest BCUT2D eigenvalue weighted by molar-refractivity contribution is 5.96. The third-order valence-electron chi connectivity index (χ3n) is 2.53. The normalized spacial score (nSPS) is 11.9. The van der Waals surface area contributed by atoms with E-state index in [0.29, 0.717) is 11.3 Å². The maximum Gasteiger partial charge on any atom is 0.326 e. The molecule has 6 heteroatoms. The number of nitrogens with two attached hydrogens (primary N) is 1. The first kappa shape index (κ1) is 13.1. The molecule has 1 unspecified atom stereocenters. The first-order valence-electron chi connectivity index (χ1n) is 5.12. The fourth-order valence-electron chi connectivity index (χ4n) is 1.27. The van der Waals surface area contributed by atoms with Gasteiger partial charge in [0.25, 0.3) is 5.91 Å². The van der Waals surface area contributed by atoms with Crippen LogP contribution in [-0.4, -0.2) is 40.0 Å². The average Bonchev–Trinajstić information content (AvgIpc) is 2.36. The summed E-state index contributed by atoms with van der Waals surface area (Å²) in [6.45, 7) is 1.69. The summed E-state index contributed by atoms with van der Waals surface area (Å²) in [5.74, 6) is -1.41. The van der Waals surface area contributed by atoms with Gasteiger partial charge in [-0.25, -0.2) is 4.79 Å². The summed E-state index contributed by atoms with van der Waals surface area (Å²) in [5.41, 5.74) is 6.40. The fraction of sp³-hybridized carbons (Fsp3) is 0.364. The second kappa shape index (κ2) is 5.40. The van der Waals surface area contributed by atoms with E-state index >= 15 is 0 Å². The van der Waals surface area contributed by atoms with Crippen LogP contribution in [0.1, 0.15) is 23.0 Å². The number of rotatable bonds is 4. The summed E-state index contributed by atoms with van der Waals surface area (Å²) in [6, 6.07) is 2.22. The van der Waals surface area contributed by atoms with Crippen LogP contribution in [0, 0.1) is 0 Å². The molecular weight excluding hydrogens is 222 g/mol. The minimum atomic E-state index is -1.05. The van der Waals surface area contributed by atoms with Gasteiger partial charge in [-0.3, -0.25) is 9.78 Å². The molecule has 0 fully saturated rings. The van der Waals surface area contributed by atoms with Crippen LogP contribution in [0.2, 0.25) is 0 Å². The van der Waals surface area contributed by atoms with Gasteiger partial charge in [0, 0.05) is 25.4 Å². The van der Waals surface area contributed by atoms with Gasteiger partial charge >= 0.3 is 5.97 Å². The summed E-state index contributed by atoms with van der Waals surface area (Å²) < 4.78 is 0. The van der Waals surface area contributed by atoms with Crippen LogP contribution in [0.25, 0.3) is 0 Å². The van der Waals surface area contributed by atoms with Crippen molar-refractivity contribution in [1.29, 1.82) is 0 Å². The van der Waals surface area contributed by atoms with Crippen molar-refractivity contribution in [2.75, 3.05) is 7.05 Å². The highest BCUT2D eigenvalue weighted by Gasteiger charge is 2.22. The molecule has 1 rings (SSSR count). The summed E-state index contributed by atoms with van der Waals surface area (Å²) in [4.78, 5) is 27.9. The minimum Gasteiger partial charge on any atom is -0.480 e. The molecule has 1 aromatic rings. The van der Waals surface area contributed by atoms with Gasteiger partial charge in [0.1, 0.15) is 6.04 Å². The third-order valence-corrected chi connectivity index (χ3v) is 2.53. The number of carbonyl (C=O) groups excluding carboxylic acids is 1. The van der Waals surface area contributed by atoms with Crippen LogP contribution in [0.15, 0.2) is 18.3 Å². The van der Waals surface area contributed by atoms with Crippen molar-refractivity contribution in [3.05, 3.63) is 29.6 Å². The standard InChI is InChI=1S/C11H15N3O3/c1-7(11(16)17)14(2)10(15)8-3-4-13-9(5-8)6-12/h3-5,7H,6,12H2,1-2H3,(H,16,17). The van der Waals surface area contributed by atoms with Crippen molar-refractivity contribution >= 4 is 11.9 Å². The molecule has 0 bridgehead atoms. The zero-order valence-corrected chi connectivity index (χ0v) is 9.75. The Hall–Kier alpha value is -1.95. The quantitative estimate of drug-likeness (QED) is 0.773. The molecule has 1 atom stereocenters. The van der Waals surface area contributed by atoms with Crippen LogP contribution in [0.4, 0.5) is 0 Å². The van der Waals surface area contributed by atoms with Crippen LogP contribution < -0.4 is 5.73 Å². The van der Waals surface area contributed by atoms with E-state index in [-0.39, 0.29) is 12.5 Å². The molecule has 3 N–H and O–H groups in total. The smallest absolute Gasteiger partial charge is 0.326 e. The largest absolute Gasteiger partial charge is 0.480 e. The van der Waals surface area contributed by atoms with Gasteiger partial charge in [-0.1, -0.05) is 0 Å². The topological polar surface area (TPSA) is 96.5 Å². The van der Waals surface area contributed by atoms with Crippen LogP contribution in [0.5, 0.6) is 0 Å². The number of nitrogens with zero attached hydrogens (tertiary/aromatic N) is 2. The van der Waals surface area contributed by atoms with Crippen LogP contribution in [-0.2, 0) is 11.3 Å². The number of aromatic nitrogens is 1. The molecule has 17 heavy (non-hydrogen) atoms. The molecule has 6 nitrogen and oxygen atoms in total. The molecule has 92 valence electrons. The van der Waals surface area contributed by atoms with E-state index in [1.165, 1.54) is 26.2 Å². The average molecular weight is 237 g/mol. The van der Waals surface area contributed by atoms with Gasteiger partial charge in [0.05, 0.1) is 5.69 Å². The van der Waals surface area contributed by atoms with Gasteiger partial charge in [-0.15, -0.1) is 0 Å². The number of carbonyl (C=O) groups is 2. The fourth-order valence-corrected chi connectivity index (χ4v) is 1.27. The van der Waals surface area contributed by atoms with Gasteiger partial charge in [-0.2, -0.15) is 0 Å². The number of aliphatic carboxylic acids is 1. The molecule has 0 aliphatic rings. The molecule has 0 radical (unpaired) electrons. The van der Waals surface area contributed by atoms with Gasteiger partial charge in [0.2, 0.25) is 0 Å². The van der Waals surface area contributed by atoms with Crippen molar-refractivity contribution in [2.24, 2.45) is 5.73 Å². The van der Waals surface area contributed by atoms with E-state index < -0.39 is 12.0 Å². The van der Waals surface area contributed by atoms with E-state index in [9.17, 15) is 9.59 Å². The summed E-state index contributed by atoms with van der Waals surface area (Å²) in [6.07, 6.45) is 1.48. The Kier molecular flexibility index (Phi) is 4.17. The Morgan fingerprint density at radius 1 is 1.59 bits per heavy atom. The van der Waals surface area contributed by atoms with E-state index in [0.717, 1.165) is 4.90 Å². The lowest BCUT2D eigenvalue weighted by molar-refractivity contribution is -0.141. The molecule has 0 saturated carbocycles.